The lowest BCUT2D eigenvalue weighted by molar-refractivity contribution is -0.385. The maximum absolute atomic E-state index is 10.8. The molecule has 0 bridgehead atoms. The second kappa shape index (κ2) is 14.7. The van der Waals surface area contributed by atoms with Gasteiger partial charge in [0, 0.05) is 101 Å². The van der Waals surface area contributed by atoms with Gasteiger partial charge in [0.2, 0.25) is 0 Å². The van der Waals surface area contributed by atoms with Gasteiger partial charge in [-0.3, -0.25) is 39.8 Å². The molecule has 0 atom stereocenters. The molecule has 2 heterocycles. The number of hydrogen-bond acceptors (Lipinski definition) is 10. The van der Waals surface area contributed by atoms with E-state index in [-0.39, 0.29) is 21.2 Å². The Hall–Kier alpha value is -3.32. The number of nitro groups is 2. The molecule has 0 aromatic heterocycles. The van der Waals surface area contributed by atoms with Crippen LogP contribution in [-0.2, 0) is 0 Å². The minimum atomic E-state index is -0.377. The first kappa shape index (κ1) is 28.7. The summed E-state index contributed by atoms with van der Waals surface area (Å²) in [4.78, 5) is 30.8. The molecule has 2 fully saturated rings. The fourth-order valence-corrected chi connectivity index (χ4v) is 5.13. The monoisotopic (exact) mass is 540 g/mol. The Balaban J connectivity index is 0.998. The van der Waals surface area contributed by atoms with Crippen LogP contribution in [0, 0.1) is 20.2 Å². The molecule has 2 aliphatic rings. The lowest BCUT2D eigenvalue weighted by atomic mass is 10.3. The van der Waals surface area contributed by atoms with Gasteiger partial charge >= 0.3 is 0 Å². The van der Waals surface area contributed by atoms with Gasteiger partial charge in [0.05, 0.1) is 23.2 Å². The molecule has 2 aliphatic heterocycles. The van der Waals surface area contributed by atoms with Crippen molar-refractivity contribution in [1.29, 1.82) is 0 Å². The third-order valence-electron chi connectivity index (χ3n) is 7.33. The van der Waals surface area contributed by atoms with Gasteiger partial charge in [0.1, 0.15) is 0 Å². The minimum absolute atomic E-state index is 0.117. The van der Waals surface area contributed by atoms with E-state index >= 15 is 0 Å². The molecule has 2 N–H and O–H groups in total. The molecule has 12 nitrogen and oxygen atoms in total. The van der Waals surface area contributed by atoms with E-state index in [4.69, 9.17) is 0 Å². The smallest absolute Gasteiger partial charge is 0.269 e. The lowest BCUT2D eigenvalue weighted by Crippen LogP contribution is -2.31. The van der Waals surface area contributed by atoms with Crippen LogP contribution < -0.4 is 10.6 Å². The highest BCUT2D eigenvalue weighted by molar-refractivity contribution is 5.49. The van der Waals surface area contributed by atoms with Gasteiger partial charge in [-0.05, 0) is 43.5 Å². The largest absolute Gasteiger partial charge is 0.385 e. The van der Waals surface area contributed by atoms with Crippen LogP contribution in [0.2, 0.25) is 0 Å². The molecule has 0 aliphatic carbocycles. The zero-order valence-electron chi connectivity index (χ0n) is 22.5. The number of nitro benzene ring substituents is 2. The summed E-state index contributed by atoms with van der Waals surface area (Å²) in [7, 11) is 0. The standard InChI is InChI=1S/C27H40N8O4/c36-34(37)26-8-4-24(5-9-26)28-12-1-14-30-18-20-32(22-30)16-3-17-33-21-19-31(23-33)15-2-13-29-25-6-10-27(11-7-25)35(38)39/h4-11,28-29H,1-3,12-23H2. The Kier molecular flexibility index (Phi) is 10.8. The van der Waals surface area contributed by atoms with Crippen LogP contribution in [0.5, 0.6) is 0 Å². The van der Waals surface area contributed by atoms with Crippen LogP contribution in [0.3, 0.4) is 0 Å². The Morgan fingerprint density at radius 3 is 1.23 bits per heavy atom. The molecule has 212 valence electrons. The van der Waals surface area contributed by atoms with Gasteiger partial charge in [-0.15, -0.1) is 0 Å². The van der Waals surface area contributed by atoms with Gasteiger partial charge in [-0.1, -0.05) is 0 Å². The molecule has 4 rings (SSSR count). The number of nitrogens with zero attached hydrogens (tertiary/aromatic N) is 6. The summed E-state index contributed by atoms with van der Waals surface area (Å²) in [5.41, 5.74) is 2.07. The van der Waals surface area contributed by atoms with Crippen molar-refractivity contribution < 1.29 is 9.85 Å². The van der Waals surface area contributed by atoms with Gasteiger partial charge in [-0.25, -0.2) is 0 Å². The molecular weight excluding hydrogens is 500 g/mol. The molecular formula is C27H40N8O4. The van der Waals surface area contributed by atoms with Crippen LogP contribution >= 0.6 is 0 Å². The zero-order valence-corrected chi connectivity index (χ0v) is 22.5. The van der Waals surface area contributed by atoms with Gasteiger partial charge in [0.25, 0.3) is 11.4 Å². The van der Waals surface area contributed by atoms with Crippen molar-refractivity contribution in [3.63, 3.8) is 0 Å². The maximum atomic E-state index is 10.8. The highest BCUT2D eigenvalue weighted by Gasteiger charge is 2.21. The molecule has 0 amide bonds. The van der Waals surface area contributed by atoms with E-state index in [1.165, 1.54) is 30.7 Å². The van der Waals surface area contributed by atoms with Gasteiger partial charge < -0.3 is 10.6 Å². The van der Waals surface area contributed by atoms with Crippen molar-refractivity contribution in [3.05, 3.63) is 68.8 Å². The quantitative estimate of drug-likeness (QED) is 0.186. The lowest BCUT2D eigenvalue weighted by Gasteiger charge is -2.21. The van der Waals surface area contributed by atoms with Crippen molar-refractivity contribution in [2.24, 2.45) is 0 Å². The third-order valence-corrected chi connectivity index (χ3v) is 7.33. The highest BCUT2D eigenvalue weighted by atomic mass is 16.6. The highest BCUT2D eigenvalue weighted by Crippen LogP contribution is 2.17. The van der Waals surface area contributed by atoms with Crippen molar-refractivity contribution in [2.45, 2.75) is 19.3 Å². The summed E-state index contributed by atoms with van der Waals surface area (Å²) >= 11 is 0. The second-order valence-electron chi connectivity index (χ2n) is 10.3. The molecule has 12 heteroatoms. The first-order chi connectivity index (χ1) is 19.0. The number of non-ortho nitro benzene ring substituents is 2. The molecule has 39 heavy (non-hydrogen) atoms. The van der Waals surface area contributed by atoms with E-state index in [0.29, 0.717) is 0 Å². The van der Waals surface area contributed by atoms with Crippen molar-refractivity contribution in [1.82, 2.24) is 19.6 Å². The first-order valence-electron chi connectivity index (χ1n) is 13.8. The van der Waals surface area contributed by atoms with Gasteiger partial charge in [0.15, 0.2) is 0 Å². The average Bonchev–Trinajstić information content (AvgIpc) is 3.59. The maximum Gasteiger partial charge on any atom is 0.269 e. The Bertz CT molecular complexity index is 969. The van der Waals surface area contributed by atoms with Crippen molar-refractivity contribution >= 4 is 22.7 Å². The van der Waals surface area contributed by atoms with Crippen LogP contribution in [0.1, 0.15) is 19.3 Å². The summed E-state index contributed by atoms with van der Waals surface area (Å²) in [5.74, 6) is 0. The number of anilines is 2. The number of hydrogen-bond donors (Lipinski definition) is 2. The summed E-state index contributed by atoms with van der Waals surface area (Å²) in [6.45, 7) is 12.6. The fourth-order valence-electron chi connectivity index (χ4n) is 5.13. The minimum Gasteiger partial charge on any atom is -0.385 e. The SMILES string of the molecule is O=[N+]([O-])c1ccc(NCCCN2CCN(CCCN3CCN(CCCNc4ccc([N+](=O)[O-])cc4)C3)C2)cc1. The Morgan fingerprint density at radius 2 is 0.897 bits per heavy atom. The summed E-state index contributed by atoms with van der Waals surface area (Å²) in [5, 5.41) is 28.2. The zero-order chi connectivity index (χ0) is 27.5. The Labute approximate surface area is 229 Å². The second-order valence-corrected chi connectivity index (χ2v) is 10.3. The van der Waals surface area contributed by atoms with E-state index in [2.05, 4.69) is 30.2 Å². The number of benzene rings is 2. The topological polar surface area (TPSA) is 123 Å². The summed E-state index contributed by atoms with van der Waals surface area (Å²) in [6.07, 6.45) is 3.26. The van der Waals surface area contributed by atoms with E-state index < -0.39 is 0 Å². The molecule has 0 saturated carbocycles. The molecule has 0 spiro atoms. The fraction of sp³-hybridized carbons (Fsp3) is 0.556. The van der Waals surface area contributed by atoms with Crippen molar-refractivity contribution in [3.8, 4) is 0 Å². The predicted octanol–water partition coefficient (Wildman–Crippen LogP) is 3.35. The third kappa shape index (κ3) is 9.43. The van der Waals surface area contributed by atoms with E-state index in [1.54, 1.807) is 24.3 Å². The van der Waals surface area contributed by atoms with Crippen LogP contribution in [0.4, 0.5) is 22.7 Å². The summed E-state index contributed by atoms with van der Waals surface area (Å²) < 4.78 is 0. The molecule has 2 aromatic rings. The normalized spacial score (nSPS) is 17.0. The van der Waals surface area contributed by atoms with Crippen LogP contribution in [-0.4, -0.2) is 108 Å². The predicted molar refractivity (Wildman–Crippen MR) is 153 cm³/mol. The van der Waals surface area contributed by atoms with E-state index in [1.807, 2.05) is 0 Å². The molecule has 0 radical (unpaired) electrons. The van der Waals surface area contributed by atoms with Crippen LogP contribution in [0.15, 0.2) is 48.5 Å². The molecule has 2 aromatic carbocycles. The molecule has 2 saturated heterocycles. The van der Waals surface area contributed by atoms with Crippen molar-refractivity contribution in [2.75, 3.05) is 89.4 Å². The summed E-state index contributed by atoms with van der Waals surface area (Å²) in [6, 6.07) is 13.2. The number of nitrogens with one attached hydrogen (secondary N) is 2. The van der Waals surface area contributed by atoms with Crippen LogP contribution in [0.25, 0.3) is 0 Å². The van der Waals surface area contributed by atoms with Gasteiger partial charge in [-0.2, -0.15) is 0 Å². The van der Waals surface area contributed by atoms with E-state index in [9.17, 15) is 20.2 Å². The molecule has 0 unspecified atom stereocenters. The number of rotatable bonds is 16. The average molecular weight is 541 g/mol. The Morgan fingerprint density at radius 1 is 0.564 bits per heavy atom. The van der Waals surface area contributed by atoms with E-state index in [0.717, 1.165) is 103 Å². The first-order valence-corrected chi connectivity index (χ1v) is 13.8.